The van der Waals surface area contributed by atoms with Crippen LogP contribution in [-0.4, -0.2) is 30.6 Å². The van der Waals surface area contributed by atoms with Crippen molar-refractivity contribution >= 4 is 40.4 Å². The Labute approximate surface area is 188 Å². The van der Waals surface area contributed by atoms with Crippen LogP contribution in [0.25, 0.3) is 10.6 Å². The maximum atomic E-state index is 12.8. The van der Waals surface area contributed by atoms with Gasteiger partial charge in [-0.2, -0.15) is 0 Å². The Hall–Kier alpha value is -2.12. The van der Waals surface area contributed by atoms with Gasteiger partial charge in [0.2, 0.25) is 0 Å². The lowest BCUT2D eigenvalue weighted by Gasteiger charge is -2.38. The van der Waals surface area contributed by atoms with Gasteiger partial charge in [0.25, 0.3) is 11.5 Å². The van der Waals surface area contributed by atoms with Crippen molar-refractivity contribution in [3.05, 3.63) is 79.4 Å². The number of H-pyrrole nitrogens is 1. The van der Waals surface area contributed by atoms with Crippen LogP contribution in [0.2, 0.25) is 10.0 Å². The predicted molar refractivity (Wildman–Crippen MR) is 121 cm³/mol. The summed E-state index contributed by atoms with van der Waals surface area (Å²) in [5.74, 6) is -0.412. The van der Waals surface area contributed by atoms with Gasteiger partial charge < -0.3 is 15.0 Å². The van der Waals surface area contributed by atoms with E-state index in [4.69, 9.17) is 27.9 Å². The molecule has 1 fully saturated rings. The van der Waals surface area contributed by atoms with Gasteiger partial charge in [0.05, 0.1) is 10.6 Å². The number of benzene rings is 1. The number of hydrogen-bond donors (Lipinski definition) is 2. The van der Waals surface area contributed by atoms with Crippen LogP contribution in [0.15, 0.2) is 52.6 Å². The molecule has 0 saturated carbocycles. The van der Waals surface area contributed by atoms with Crippen LogP contribution < -0.4 is 10.9 Å². The van der Waals surface area contributed by atoms with E-state index in [2.05, 4.69) is 10.3 Å². The van der Waals surface area contributed by atoms with Crippen LogP contribution in [0.4, 0.5) is 0 Å². The second-order valence-electron chi connectivity index (χ2n) is 7.29. The van der Waals surface area contributed by atoms with Crippen LogP contribution in [0, 0.1) is 0 Å². The lowest BCUT2D eigenvalue weighted by Crippen LogP contribution is -2.45. The number of aromatic nitrogens is 1. The summed E-state index contributed by atoms with van der Waals surface area (Å²) in [4.78, 5) is 29.0. The summed E-state index contributed by atoms with van der Waals surface area (Å²) in [6.45, 7) is 1.50. The van der Waals surface area contributed by atoms with Crippen LogP contribution in [0.5, 0.6) is 0 Å². The minimum atomic E-state index is -0.413. The molecular weight excluding hydrogens is 443 g/mol. The van der Waals surface area contributed by atoms with E-state index in [1.807, 2.05) is 23.6 Å². The smallest absolute Gasteiger partial charge is 0.261 e. The third-order valence-electron chi connectivity index (χ3n) is 5.48. The van der Waals surface area contributed by atoms with E-state index in [9.17, 15) is 9.59 Å². The number of thiophene rings is 1. The molecule has 0 aliphatic carbocycles. The van der Waals surface area contributed by atoms with Gasteiger partial charge in [0, 0.05) is 35.2 Å². The van der Waals surface area contributed by atoms with Crippen molar-refractivity contribution in [1.29, 1.82) is 0 Å². The highest BCUT2D eigenvalue weighted by atomic mass is 35.5. The van der Waals surface area contributed by atoms with Gasteiger partial charge in [-0.25, -0.2) is 0 Å². The molecule has 4 rings (SSSR count). The molecule has 3 aromatic rings. The van der Waals surface area contributed by atoms with E-state index < -0.39 is 11.5 Å². The number of amides is 1. The number of ether oxygens (including phenoxy) is 1. The predicted octanol–water partition coefficient (Wildman–Crippen LogP) is 4.89. The lowest BCUT2D eigenvalue weighted by molar-refractivity contribution is 0.0487. The second kappa shape index (κ2) is 8.94. The van der Waals surface area contributed by atoms with Crippen LogP contribution in [0.1, 0.15) is 28.8 Å². The standard InChI is InChI=1S/C22H20Cl2N2O3S/c23-14-3-5-16(17(24)12-14)22(7-9-29-10-8-22)13-25-20(27)15-4-6-18(26-21(15)28)19-2-1-11-30-19/h1-6,11-12H,7-10,13H2,(H,25,27)(H,26,28). The van der Waals surface area contributed by atoms with Crippen molar-refractivity contribution in [2.45, 2.75) is 18.3 Å². The highest BCUT2D eigenvalue weighted by Crippen LogP contribution is 2.39. The van der Waals surface area contributed by atoms with Crippen molar-refractivity contribution in [3.8, 4) is 10.6 Å². The zero-order valence-corrected chi connectivity index (χ0v) is 18.4. The molecule has 30 heavy (non-hydrogen) atoms. The van der Waals surface area contributed by atoms with Crippen LogP contribution >= 0.6 is 34.5 Å². The van der Waals surface area contributed by atoms with Crippen molar-refractivity contribution in [2.24, 2.45) is 0 Å². The topological polar surface area (TPSA) is 71.2 Å². The number of rotatable bonds is 5. The Morgan fingerprint density at radius 2 is 1.97 bits per heavy atom. The molecule has 1 aliphatic rings. The number of aromatic amines is 1. The van der Waals surface area contributed by atoms with Gasteiger partial charge in [-0.1, -0.05) is 35.3 Å². The first-order valence-electron chi connectivity index (χ1n) is 9.57. The first-order chi connectivity index (χ1) is 14.5. The van der Waals surface area contributed by atoms with Gasteiger partial charge in [0.1, 0.15) is 5.56 Å². The molecule has 1 amide bonds. The Balaban J connectivity index is 1.55. The molecule has 8 heteroatoms. The third-order valence-corrected chi connectivity index (χ3v) is 6.93. The largest absolute Gasteiger partial charge is 0.381 e. The molecule has 0 bridgehead atoms. The molecule has 2 N–H and O–H groups in total. The second-order valence-corrected chi connectivity index (χ2v) is 9.08. The molecule has 0 atom stereocenters. The highest BCUT2D eigenvalue weighted by Gasteiger charge is 2.36. The third kappa shape index (κ3) is 4.32. The Morgan fingerprint density at radius 3 is 2.63 bits per heavy atom. The van der Waals surface area contributed by atoms with Gasteiger partial charge >= 0.3 is 0 Å². The number of pyridine rings is 1. The average Bonchev–Trinajstić information content (AvgIpc) is 3.27. The maximum Gasteiger partial charge on any atom is 0.261 e. The van der Waals surface area contributed by atoms with E-state index in [0.29, 0.717) is 48.3 Å². The summed E-state index contributed by atoms with van der Waals surface area (Å²) in [6.07, 6.45) is 1.42. The van der Waals surface area contributed by atoms with Gasteiger partial charge in [-0.05, 0) is 54.1 Å². The maximum absolute atomic E-state index is 12.8. The van der Waals surface area contributed by atoms with Crippen molar-refractivity contribution in [3.63, 3.8) is 0 Å². The number of halogens is 2. The van der Waals surface area contributed by atoms with E-state index >= 15 is 0 Å². The zero-order chi connectivity index (χ0) is 21.1. The van der Waals surface area contributed by atoms with Crippen LogP contribution in [0.3, 0.4) is 0 Å². The highest BCUT2D eigenvalue weighted by molar-refractivity contribution is 7.13. The molecule has 0 radical (unpaired) electrons. The molecule has 1 aliphatic heterocycles. The molecule has 1 aromatic carbocycles. The molecule has 5 nitrogen and oxygen atoms in total. The first kappa shape index (κ1) is 21.1. The van der Waals surface area contributed by atoms with E-state index in [-0.39, 0.29) is 11.0 Å². The molecule has 156 valence electrons. The number of carbonyl (C=O) groups is 1. The molecule has 0 unspecified atom stereocenters. The lowest BCUT2D eigenvalue weighted by atomic mass is 9.74. The molecular formula is C22H20Cl2N2O3S. The van der Waals surface area contributed by atoms with Gasteiger partial charge in [-0.15, -0.1) is 11.3 Å². The summed E-state index contributed by atoms with van der Waals surface area (Å²) in [6, 6.07) is 12.6. The van der Waals surface area contributed by atoms with Crippen molar-refractivity contribution in [1.82, 2.24) is 10.3 Å². The number of hydrogen-bond acceptors (Lipinski definition) is 4. The monoisotopic (exact) mass is 462 g/mol. The molecule has 2 aromatic heterocycles. The van der Waals surface area contributed by atoms with Crippen LogP contribution in [-0.2, 0) is 10.2 Å². The summed E-state index contributed by atoms with van der Waals surface area (Å²) >= 11 is 14.1. The number of carbonyl (C=O) groups excluding carboxylic acids is 1. The first-order valence-corrected chi connectivity index (χ1v) is 11.2. The van der Waals surface area contributed by atoms with E-state index in [1.54, 1.807) is 24.3 Å². The average molecular weight is 463 g/mol. The molecule has 1 saturated heterocycles. The van der Waals surface area contributed by atoms with E-state index in [0.717, 1.165) is 10.4 Å². The van der Waals surface area contributed by atoms with Crippen molar-refractivity contribution < 1.29 is 9.53 Å². The summed E-state index contributed by atoms with van der Waals surface area (Å²) in [7, 11) is 0. The quantitative estimate of drug-likeness (QED) is 0.566. The Kier molecular flexibility index (Phi) is 6.29. The molecule has 0 spiro atoms. The van der Waals surface area contributed by atoms with Crippen molar-refractivity contribution in [2.75, 3.05) is 19.8 Å². The summed E-state index contributed by atoms with van der Waals surface area (Å²) in [5, 5.41) is 6.00. The minimum Gasteiger partial charge on any atom is -0.381 e. The Morgan fingerprint density at radius 1 is 1.17 bits per heavy atom. The summed E-state index contributed by atoms with van der Waals surface area (Å²) in [5.41, 5.74) is 0.919. The van der Waals surface area contributed by atoms with Gasteiger partial charge in [0.15, 0.2) is 0 Å². The molecule has 3 heterocycles. The van der Waals surface area contributed by atoms with E-state index in [1.165, 1.54) is 11.3 Å². The fourth-order valence-corrected chi connectivity index (χ4v) is 5.11. The van der Waals surface area contributed by atoms with Gasteiger partial charge in [-0.3, -0.25) is 9.59 Å². The normalized spacial score (nSPS) is 15.7. The summed E-state index contributed by atoms with van der Waals surface area (Å²) < 4.78 is 5.53. The Bertz CT molecular complexity index is 1110. The number of nitrogens with one attached hydrogen (secondary N) is 2. The SMILES string of the molecule is O=C(NCC1(c2ccc(Cl)cc2Cl)CCOCC1)c1ccc(-c2cccs2)[nH]c1=O. The zero-order valence-electron chi connectivity index (χ0n) is 16.0. The minimum absolute atomic E-state index is 0.0831. The fourth-order valence-electron chi connectivity index (χ4n) is 3.80. The fraction of sp³-hybridized carbons (Fsp3) is 0.273.